The highest BCUT2D eigenvalue weighted by atomic mass is 16.5. The molecule has 4 heteroatoms. The second-order valence-electron chi connectivity index (χ2n) is 4.87. The van der Waals surface area contributed by atoms with Crippen LogP contribution in [0.1, 0.15) is 32.9 Å². The van der Waals surface area contributed by atoms with Crippen LogP contribution in [0.15, 0.2) is 18.3 Å². The summed E-state index contributed by atoms with van der Waals surface area (Å²) in [5.74, 6) is 0.276. The average Bonchev–Trinajstić information content (AvgIpc) is 2.80. The molecule has 0 amide bonds. The van der Waals surface area contributed by atoms with Crippen molar-refractivity contribution >= 4 is 5.97 Å². The molecule has 0 aliphatic carbocycles. The van der Waals surface area contributed by atoms with E-state index in [4.69, 9.17) is 4.74 Å². The van der Waals surface area contributed by atoms with Crippen LogP contribution in [0.4, 0.5) is 0 Å². The molecule has 1 aromatic heterocycles. The summed E-state index contributed by atoms with van der Waals surface area (Å²) in [5, 5.41) is 3.28. The lowest BCUT2D eigenvalue weighted by Gasteiger charge is -2.18. The Morgan fingerprint density at radius 2 is 2.22 bits per heavy atom. The van der Waals surface area contributed by atoms with E-state index in [-0.39, 0.29) is 12.0 Å². The van der Waals surface area contributed by atoms with Crippen molar-refractivity contribution < 1.29 is 9.53 Å². The molecule has 0 saturated heterocycles. The minimum Gasteiger partial charge on any atom is -0.468 e. The SMILES string of the molecule is CCn1cccc1CNC(CC(C)C)C(=O)OC. The molecule has 0 saturated carbocycles. The molecule has 0 aliphatic rings. The number of rotatable bonds is 7. The van der Waals surface area contributed by atoms with Crippen molar-refractivity contribution in [2.75, 3.05) is 7.11 Å². The largest absolute Gasteiger partial charge is 0.468 e. The molecule has 0 fully saturated rings. The van der Waals surface area contributed by atoms with Crippen LogP contribution in [0, 0.1) is 5.92 Å². The van der Waals surface area contributed by atoms with Gasteiger partial charge in [0.15, 0.2) is 0 Å². The van der Waals surface area contributed by atoms with E-state index in [9.17, 15) is 4.79 Å². The third kappa shape index (κ3) is 4.18. The normalized spacial score (nSPS) is 12.7. The Hall–Kier alpha value is -1.29. The van der Waals surface area contributed by atoms with Crippen molar-refractivity contribution in [3.8, 4) is 0 Å². The number of hydrogen-bond acceptors (Lipinski definition) is 3. The van der Waals surface area contributed by atoms with E-state index in [0.29, 0.717) is 12.5 Å². The maximum absolute atomic E-state index is 11.7. The van der Waals surface area contributed by atoms with Crippen LogP contribution in [0.3, 0.4) is 0 Å². The van der Waals surface area contributed by atoms with Crippen molar-refractivity contribution in [2.45, 2.75) is 46.3 Å². The molecular weight excluding hydrogens is 228 g/mol. The summed E-state index contributed by atoms with van der Waals surface area (Å²) >= 11 is 0. The minimum atomic E-state index is -0.227. The van der Waals surface area contributed by atoms with Gasteiger partial charge in [0, 0.05) is 25.0 Å². The number of aromatic nitrogens is 1. The first kappa shape index (κ1) is 14.8. The molecule has 4 nitrogen and oxygen atoms in total. The number of methoxy groups -OCH3 is 1. The van der Waals surface area contributed by atoms with Gasteiger partial charge in [0.1, 0.15) is 6.04 Å². The molecule has 1 N–H and O–H groups in total. The first-order valence-corrected chi connectivity index (χ1v) is 6.53. The molecule has 18 heavy (non-hydrogen) atoms. The molecule has 0 radical (unpaired) electrons. The van der Waals surface area contributed by atoms with Gasteiger partial charge in [-0.2, -0.15) is 0 Å². The van der Waals surface area contributed by atoms with Crippen molar-refractivity contribution in [2.24, 2.45) is 5.92 Å². The van der Waals surface area contributed by atoms with Crippen LogP contribution >= 0.6 is 0 Å². The van der Waals surface area contributed by atoms with Crippen molar-refractivity contribution in [3.05, 3.63) is 24.0 Å². The van der Waals surface area contributed by atoms with E-state index in [0.717, 1.165) is 13.0 Å². The summed E-state index contributed by atoms with van der Waals surface area (Å²) < 4.78 is 6.99. The van der Waals surface area contributed by atoms with Gasteiger partial charge in [0.2, 0.25) is 0 Å². The summed E-state index contributed by atoms with van der Waals surface area (Å²) in [7, 11) is 1.44. The number of aryl methyl sites for hydroxylation is 1. The second-order valence-corrected chi connectivity index (χ2v) is 4.87. The molecule has 0 aromatic carbocycles. The Labute approximate surface area is 109 Å². The van der Waals surface area contributed by atoms with E-state index in [1.54, 1.807) is 0 Å². The Morgan fingerprint density at radius 3 is 2.78 bits per heavy atom. The van der Waals surface area contributed by atoms with Crippen molar-refractivity contribution in [3.63, 3.8) is 0 Å². The number of carbonyl (C=O) groups is 1. The summed E-state index contributed by atoms with van der Waals surface area (Å²) in [6.45, 7) is 7.94. The zero-order valence-corrected chi connectivity index (χ0v) is 11.8. The van der Waals surface area contributed by atoms with E-state index in [2.05, 4.69) is 36.7 Å². The average molecular weight is 252 g/mol. The standard InChI is InChI=1S/C14H24N2O2/c1-5-16-8-6-7-12(16)10-15-13(9-11(2)3)14(17)18-4/h6-8,11,13,15H,5,9-10H2,1-4H3. The molecule has 102 valence electrons. The van der Waals surface area contributed by atoms with Crippen LogP contribution < -0.4 is 5.32 Å². The van der Waals surface area contributed by atoms with E-state index >= 15 is 0 Å². The lowest BCUT2D eigenvalue weighted by molar-refractivity contribution is -0.143. The third-order valence-electron chi connectivity index (χ3n) is 2.99. The maximum atomic E-state index is 11.7. The third-order valence-corrected chi connectivity index (χ3v) is 2.99. The zero-order valence-electron chi connectivity index (χ0n) is 11.8. The molecule has 1 aromatic rings. The van der Waals surface area contributed by atoms with Gasteiger partial charge in [0.05, 0.1) is 7.11 Å². The van der Waals surface area contributed by atoms with Gasteiger partial charge >= 0.3 is 5.97 Å². The topological polar surface area (TPSA) is 43.3 Å². The maximum Gasteiger partial charge on any atom is 0.322 e. The number of nitrogens with zero attached hydrogens (tertiary/aromatic N) is 1. The van der Waals surface area contributed by atoms with Crippen molar-refractivity contribution in [1.29, 1.82) is 0 Å². The van der Waals surface area contributed by atoms with Crippen LogP contribution in [0.2, 0.25) is 0 Å². The number of nitrogens with one attached hydrogen (secondary N) is 1. The van der Waals surface area contributed by atoms with Gasteiger partial charge in [-0.05, 0) is 31.4 Å². The van der Waals surface area contributed by atoms with Gasteiger partial charge in [0.25, 0.3) is 0 Å². The van der Waals surface area contributed by atoms with Gasteiger partial charge < -0.3 is 9.30 Å². The highest BCUT2D eigenvalue weighted by molar-refractivity contribution is 5.75. The van der Waals surface area contributed by atoms with E-state index in [1.165, 1.54) is 12.8 Å². The Morgan fingerprint density at radius 1 is 1.50 bits per heavy atom. The first-order chi connectivity index (χ1) is 8.58. The monoisotopic (exact) mass is 252 g/mol. The molecule has 0 aliphatic heterocycles. The molecule has 1 rings (SSSR count). The molecule has 1 atom stereocenters. The smallest absolute Gasteiger partial charge is 0.322 e. The highest BCUT2D eigenvalue weighted by Crippen LogP contribution is 2.08. The first-order valence-electron chi connectivity index (χ1n) is 6.53. The van der Waals surface area contributed by atoms with E-state index < -0.39 is 0 Å². The Balaban J connectivity index is 2.58. The number of carbonyl (C=O) groups excluding carboxylic acids is 1. The summed E-state index contributed by atoms with van der Waals surface area (Å²) in [6, 6.07) is 3.87. The zero-order chi connectivity index (χ0) is 13.5. The number of hydrogen-bond donors (Lipinski definition) is 1. The predicted octanol–water partition coefficient (Wildman–Crippen LogP) is 2.19. The van der Waals surface area contributed by atoms with Crippen LogP contribution in [0.5, 0.6) is 0 Å². The Bertz CT molecular complexity index is 372. The summed E-state index contributed by atoms with van der Waals surface area (Å²) in [4.78, 5) is 11.7. The van der Waals surface area contributed by atoms with Crippen LogP contribution in [-0.4, -0.2) is 23.7 Å². The van der Waals surface area contributed by atoms with Gasteiger partial charge in [-0.15, -0.1) is 0 Å². The second kappa shape index (κ2) is 7.21. The quantitative estimate of drug-likeness (QED) is 0.756. The predicted molar refractivity (Wildman–Crippen MR) is 72.2 cm³/mol. The lowest BCUT2D eigenvalue weighted by atomic mass is 10.0. The Kier molecular flexibility index (Phi) is 5.92. The molecule has 1 unspecified atom stereocenters. The lowest BCUT2D eigenvalue weighted by Crippen LogP contribution is -2.38. The molecule has 0 bridgehead atoms. The molecular formula is C14H24N2O2. The molecule has 1 heterocycles. The number of ether oxygens (including phenoxy) is 1. The van der Waals surface area contributed by atoms with Crippen molar-refractivity contribution in [1.82, 2.24) is 9.88 Å². The van der Waals surface area contributed by atoms with E-state index in [1.807, 2.05) is 12.3 Å². The fourth-order valence-electron chi connectivity index (χ4n) is 2.02. The molecule has 0 spiro atoms. The van der Waals surface area contributed by atoms with Crippen LogP contribution in [-0.2, 0) is 22.6 Å². The fourth-order valence-corrected chi connectivity index (χ4v) is 2.02. The van der Waals surface area contributed by atoms with Gasteiger partial charge in [-0.1, -0.05) is 13.8 Å². The summed E-state index contributed by atoms with van der Waals surface area (Å²) in [5.41, 5.74) is 1.19. The highest BCUT2D eigenvalue weighted by Gasteiger charge is 2.19. The fraction of sp³-hybridized carbons (Fsp3) is 0.643. The number of esters is 1. The summed E-state index contributed by atoms with van der Waals surface area (Å²) in [6.07, 6.45) is 2.84. The van der Waals surface area contributed by atoms with Gasteiger partial charge in [-0.3, -0.25) is 10.1 Å². The minimum absolute atomic E-state index is 0.182. The van der Waals surface area contributed by atoms with Crippen LogP contribution in [0.25, 0.3) is 0 Å². The van der Waals surface area contributed by atoms with Gasteiger partial charge in [-0.25, -0.2) is 0 Å².